The van der Waals surface area contributed by atoms with Crippen molar-refractivity contribution in [1.29, 1.82) is 0 Å². The zero-order valence-electron chi connectivity index (χ0n) is 14.9. The molecule has 3 heterocycles. The molecule has 0 saturated carbocycles. The van der Waals surface area contributed by atoms with Crippen LogP contribution in [0.1, 0.15) is 41.4 Å². The molecule has 0 radical (unpaired) electrons. The van der Waals surface area contributed by atoms with Gasteiger partial charge in [0.05, 0.1) is 4.88 Å². The van der Waals surface area contributed by atoms with Gasteiger partial charge in [-0.15, -0.1) is 23.1 Å². The van der Waals surface area contributed by atoms with Gasteiger partial charge in [-0.3, -0.25) is 9.69 Å². The highest BCUT2D eigenvalue weighted by Gasteiger charge is 2.23. The zero-order valence-corrected chi connectivity index (χ0v) is 17.3. The van der Waals surface area contributed by atoms with Crippen molar-refractivity contribution >= 4 is 40.6 Å². The molecule has 2 aliphatic rings. The first kappa shape index (κ1) is 18.4. The average Bonchev–Trinajstić information content (AvgIpc) is 3.07. The highest BCUT2D eigenvalue weighted by molar-refractivity contribution is 7.98. The Labute approximate surface area is 168 Å². The van der Waals surface area contributed by atoms with E-state index in [4.69, 9.17) is 11.6 Å². The number of benzene rings is 1. The molecule has 0 spiro atoms. The molecule has 138 valence electrons. The predicted molar refractivity (Wildman–Crippen MR) is 112 cm³/mol. The van der Waals surface area contributed by atoms with Crippen molar-refractivity contribution in [3.8, 4) is 10.4 Å². The third-order valence-corrected chi connectivity index (χ3v) is 7.78. The van der Waals surface area contributed by atoms with E-state index in [1.54, 1.807) is 23.1 Å². The number of hydrogen-bond acceptors (Lipinski definition) is 4. The Morgan fingerprint density at radius 2 is 2.23 bits per heavy atom. The van der Waals surface area contributed by atoms with Gasteiger partial charge in [-0.1, -0.05) is 24.1 Å². The van der Waals surface area contributed by atoms with E-state index >= 15 is 0 Å². The molecule has 1 unspecified atom stereocenters. The van der Waals surface area contributed by atoms with Crippen molar-refractivity contribution < 1.29 is 4.79 Å². The lowest BCUT2D eigenvalue weighted by Crippen LogP contribution is -2.42. The van der Waals surface area contributed by atoms with Crippen LogP contribution in [-0.4, -0.2) is 36.5 Å². The first-order chi connectivity index (χ1) is 12.6. The molecule has 1 atom stereocenters. The summed E-state index contributed by atoms with van der Waals surface area (Å²) in [5.74, 6) is 0.951. The van der Waals surface area contributed by atoms with E-state index in [0.717, 1.165) is 28.7 Å². The Kier molecular flexibility index (Phi) is 5.60. The van der Waals surface area contributed by atoms with Gasteiger partial charge in [0.25, 0.3) is 5.91 Å². The van der Waals surface area contributed by atoms with Crippen molar-refractivity contribution in [3.63, 3.8) is 0 Å². The molecule has 26 heavy (non-hydrogen) atoms. The first-order valence-electron chi connectivity index (χ1n) is 9.19. The second-order valence-electron chi connectivity index (χ2n) is 7.03. The molecule has 1 saturated heterocycles. The first-order valence-corrected chi connectivity index (χ1v) is 11.4. The third kappa shape index (κ3) is 3.81. The number of nitrogens with zero attached hydrogens (tertiary/aromatic N) is 1. The Morgan fingerprint density at radius 1 is 1.35 bits per heavy atom. The summed E-state index contributed by atoms with van der Waals surface area (Å²) in [6.45, 7) is 5.10. The van der Waals surface area contributed by atoms with Crippen molar-refractivity contribution in [2.24, 2.45) is 0 Å². The van der Waals surface area contributed by atoms with Crippen LogP contribution in [0.4, 0.5) is 0 Å². The highest BCUT2D eigenvalue weighted by Crippen LogP contribution is 2.46. The van der Waals surface area contributed by atoms with Crippen LogP contribution in [0.25, 0.3) is 10.4 Å². The Bertz CT molecular complexity index is 820. The van der Waals surface area contributed by atoms with Gasteiger partial charge >= 0.3 is 0 Å². The van der Waals surface area contributed by atoms with Crippen LogP contribution in [0.2, 0.25) is 5.02 Å². The van der Waals surface area contributed by atoms with Crippen LogP contribution in [0, 0.1) is 0 Å². The number of amides is 1. The Balaban J connectivity index is 1.41. The summed E-state index contributed by atoms with van der Waals surface area (Å²) in [6.07, 6.45) is 3.87. The molecular weight excluding hydrogens is 384 g/mol. The van der Waals surface area contributed by atoms with E-state index in [1.807, 2.05) is 12.1 Å². The van der Waals surface area contributed by atoms with Crippen LogP contribution in [0.5, 0.6) is 0 Å². The number of carbonyl (C=O) groups is 1. The molecule has 0 bridgehead atoms. The number of halogens is 1. The summed E-state index contributed by atoms with van der Waals surface area (Å²) in [5, 5.41) is 3.88. The molecule has 0 aliphatic carbocycles. The van der Waals surface area contributed by atoms with E-state index in [1.165, 1.54) is 40.2 Å². The molecule has 4 rings (SSSR count). The lowest BCUT2D eigenvalue weighted by atomic mass is 10.0. The maximum atomic E-state index is 12.6. The smallest absolute Gasteiger partial charge is 0.261 e. The predicted octanol–water partition coefficient (Wildman–Crippen LogP) is 5.28. The van der Waals surface area contributed by atoms with Crippen LogP contribution < -0.4 is 5.32 Å². The second-order valence-corrected chi connectivity index (χ2v) is 9.54. The maximum absolute atomic E-state index is 12.6. The fourth-order valence-electron chi connectivity index (χ4n) is 3.72. The molecule has 2 aliphatic heterocycles. The summed E-state index contributed by atoms with van der Waals surface area (Å²) in [6, 6.07) is 8.70. The molecule has 3 nitrogen and oxygen atoms in total. The normalized spacial score (nSPS) is 19.7. The van der Waals surface area contributed by atoms with Crippen LogP contribution in [-0.2, 0) is 5.75 Å². The van der Waals surface area contributed by atoms with Crippen LogP contribution in [0.3, 0.4) is 0 Å². The summed E-state index contributed by atoms with van der Waals surface area (Å²) in [4.78, 5) is 18.3. The molecular formula is C20H23ClN2OS2. The molecule has 2 aromatic rings. The minimum absolute atomic E-state index is 0.0505. The summed E-state index contributed by atoms with van der Waals surface area (Å²) in [5.41, 5.74) is 2.46. The van der Waals surface area contributed by atoms with Crippen molar-refractivity contribution in [3.05, 3.63) is 39.7 Å². The van der Waals surface area contributed by atoms with Gasteiger partial charge in [-0.25, -0.2) is 0 Å². The largest absolute Gasteiger partial charge is 0.350 e. The molecule has 1 N–H and O–H groups in total. The minimum atomic E-state index is 0.0505. The monoisotopic (exact) mass is 406 g/mol. The van der Waals surface area contributed by atoms with Gasteiger partial charge < -0.3 is 5.32 Å². The lowest BCUT2D eigenvalue weighted by molar-refractivity contribution is 0.0942. The molecule has 1 fully saturated rings. The maximum Gasteiger partial charge on any atom is 0.261 e. The lowest BCUT2D eigenvalue weighted by Gasteiger charge is -2.33. The molecule has 1 aromatic carbocycles. The summed E-state index contributed by atoms with van der Waals surface area (Å²) >= 11 is 9.50. The molecule has 1 amide bonds. The van der Waals surface area contributed by atoms with E-state index in [-0.39, 0.29) is 5.91 Å². The summed E-state index contributed by atoms with van der Waals surface area (Å²) in [7, 11) is 0. The van der Waals surface area contributed by atoms with Gasteiger partial charge in [-0.2, -0.15) is 0 Å². The van der Waals surface area contributed by atoms with Crippen LogP contribution >= 0.6 is 34.7 Å². The topological polar surface area (TPSA) is 32.3 Å². The van der Waals surface area contributed by atoms with Gasteiger partial charge in [0.15, 0.2) is 0 Å². The quantitative estimate of drug-likeness (QED) is 0.749. The second kappa shape index (κ2) is 7.93. The number of carbonyl (C=O) groups excluding carboxylic acids is 1. The molecule has 1 aromatic heterocycles. The zero-order chi connectivity index (χ0) is 18.1. The van der Waals surface area contributed by atoms with Gasteiger partial charge in [0, 0.05) is 45.2 Å². The van der Waals surface area contributed by atoms with E-state index < -0.39 is 0 Å². The molecule has 6 heteroatoms. The fourth-order valence-corrected chi connectivity index (χ4v) is 6.33. The van der Waals surface area contributed by atoms with Gasteiger partial charge in [-0.05, 0) is 50.1 Å². The SMILES string of the molecule is CC1CCCCN1CCNC(=O)c1cc2c(s1)-c1ccc(Cl)cc1SC2. The summed E-state index contributed by atoms with van der Waals surface area (Å²) < 4.78 is 0. The number of rotatable bonds is 4. The Morgan fingerprint density at radius 3 is 3.08 bits per heavy atom. The number of likely N-dealkylation sites (tertiary alicyclic amines) is 1. The number of fused-ring (bicyclic) bond motifs is 3. The Hall–Kier alpha value is -1.01. The number of thiophene rings is 1. The van der Waals surface area contributed by atoms with E-state index in [2.05, 4.69) is 29.3 Å². The van der Waals surface area contributed by atoms with E-state index in [9.17, 15) is 4.79 Å². The van der Waals surface area contributed by atoms with Crippen molar-refractivity contribution in [2.75, 3.05) is 19.6 Å². The number of nitrogens with one attached hydrogen (secondary N) is 1. The minimum Gasteiger partial charge on any atom is -0.350 e. The van der Waals surface area contributed by atoms with Gasteiger partial charge in [0.2, 0.25) is 0 Å². The average molecular weight is 407 g/mol. The highest BCUT2D eigenvalue weighted by atomic mass is 35.5. The van der Waals surface area contributed by atoms with Crippen molar-refractivity contribution in [1.82, 2.24) is 10.2 Å². The van der Waals surface area contributed by atoms with Gasteiger partial charge in [0.1, 0.15) is 0 Å². The number of hydrogen-bond donors (Lipinski definition) is 1. The van der Waals surface area contributed by atoms with Crippen LogP contribution in [0.15, 0.2) is 29.2 Å². The standard InChI is InChI=1S/C20H23ClN2OS2/c1-13-4-2-3-8-23(13)9-7-22-20(24)18-10-14-12-25-17-11-15(21)5-6-16(17)19(14)26-18/h5-6,10-11,13H,2-4,7-9,12H2,1H3,(H,22,24). The van der Waals surface area contributed by atoms with Crippen molar-refractivity contribution in [2.45, 2.75) is 42.9 Å². The number of thioether (sulfide) groups is 1. The van der Waals surface area contributed by atoms with E-state index in [0.29, 0.717) is 12.6 Å². The fraction of sp³-hybridized carbons (Fsp3) is 0.450. The number of piperidine rings is 1. The third-order valence-electron chi connectivity index (χ3n) is 5.23.